The first kappa shape index (κ1) is 20.9. The molecule has 0 aromatic heterocycles. The van der Waals surface area contributed by atoms with Gasteiger partial charge in [-0.25, -0.2) is 0 Å². The molecule has 4 aromatic rings. The van der Waals surface area contributed by atoms with Crippen LogP contribution in [-0.2, 0) is 0 Å². The third kappa shape index (κ3) is 5.82. The molecule has 4 rings (SSSR count). The third-order valence-corrected chi connectivity index (χ3v) is 7.84. The third-order valence-electron chi connectivity index (χ3n) is 4.46. The molecule has 152 valence electrons. The molecule has 2 N–H and O–H groups in total. The van der Waals surface area contributed by atoms with Crippen LogP contribution < -0.4 is 7.22 Å². The van der Waals surface area contributed by atoms with Gasteiger partial charge in [-0.05, 0) is 0 Å². The number of phenols is 2. The molecule has 5 heteroatoms. The van der Waals surface area contributed by atoms with Gasteiger partial charge < -0.3 is 0 Å². The molecule has 0 saturated carbocycles. The van der Waals surface area contributed by atoms with Crippen LogP contribution in [0.4, 0.5) is 11.4 Å². The quantitative estimate of drug-likeness (QED) is 0.295. The minimum absolute atomic E-state index is 0.233. The summed E-state index contributed by atoms with van der Waals surface area (Å²) in [6.07, 6.45) is 3.78. The summed E-state index contributed by atoms with van der Waals surface area (Å²) in [5.74, 6) is 0.466. The molecule has 31 heavy (non-hydrogen) atoms. The van der Waals surface area contributed by atoms with E-state index in [4.69, 9.17) is 0 Å². The summed E-state index contributed by atoms with van der Waals surface area (Å²) in [5.41, 5.74) is 3.80. The summed E-state index contributed by atoms with van der Waals surface area (Å²) in [6.45, 7) is 0. The van der Waals surface area contributed by atoms with E-state index in [0.717, 1.165) is 22.5 Å². The van der Waals surface area contributed by atoms with Gasteiger partial charge in [0.25, 0.3) is 0 Å². The Labute approximate surface area is 191 Å². The van der Waals surface area contributed by atoms with E-state index >= 15 is 0 Å². The zero-order valence-electron chi connectivity index (χ0n) is 16.6. The van der Waals surface area contributed by atoms with Crippen LogP contribution in [0.5, 0.6) is 11.5 Å². The number of benzene rings is 4. The number of hydrogen-bond donors (Lipinski definition) is 2. The van der Waals surface area contributed by atoms with Crippen molar-refractivity contribution in [2.45, 2.75) is 0 Å². The van der Waals surface area contributed by atoms with Crippen LogP contribution in [0.15, 0.2) is 107 Å². The van der Waals surface area contributed by atoms with Crippen molar-refractivity contribution in [3.8, 4) is 11.5 Å². The molecule has 4 aromatic carbocycles. The Morgan fingerprint density at radius 1 is 0.516 bits per heavy atom. The van der Waals surface area contributed by atoms with E-state index in [0.29, 0.717) is 0 Å². The summed E-state index contributed by atoms with van der Waals surface area (Å²) in [4.78, 5) is 9.13. The van der Waals surface area contributed by atoms with E-state index in [1.165, 1.54) is 7.22 Å². The van der Waals surface area contributed by atoms with Crippen molar-refractivity contribution in [2.75, 3.05) is 0 Å². The van der Waals surface area contributed by atoms with Crippen LogP contribution in [0, 0.1) is 0 Å². The fourth-order valence-corrected chi connectivity index (χ4v) is 5.72. The fraction of sp³-hybridized carbons (Fsp3) is 0. The van der Waals surface area contributed by atoms with Gasteiger partial charge in [-0.3, -0.25) is 0 Å². The number of aliphatic imine (C=N–C) groups is 2. The van der Waals surface area contributed by atoms with Crippen LogP contribution in [0.25, 0.3) is 0 Å². The van der Waals surface area contributed by atoms with Crippen molar-refractivity contribution >= 4 is 51.9 Å². The second-order valence-corrected chi connectivity index (χ2v) is 9.82. The summed E-state index contributed by atoms with van der Waals surface area (Å²) >= 11 is -0.671. The molecular formula is C26H20N2O2Te. The van der Waals surface area contributed by atoms with E-state index in [2.05, 4.69) is 46.4 Å². The number of phenolic OH excluding ortho intramolecular Hbond substituents is 2. The van der Waals surface area contributed by atoms with Crippen LogP contribution in [0.3, 0.4) is 0 Å². The van der Waals surface area contributed by atoms with E-state index < -0.39 is 20.9 Å². The van der Waals surface area contributed by atoms with Gasteiger partial charge in [0.15, 0.2) is 0 Å². The van der Waals surface area contributed by atoms with Gasteiger partial charge in [-0.1, -0.05) is 0 Å². The van der Waals surface area contributed by atoms with E-state index in [1.54, 1.807) is 48.5 Å². The van der Waals surface area contributed by atoms with E-state index in [-0.39, 0.29) is 11.5 Å². The predicted molar refractivity (Wildman–Crippen MR) is 129 cm³/mol. The molecule has 0 aliphatic heterocycles. The molecular weight excluding hydrogens is 500 g/mol. The number of rotatable bonds is 6. The van der Waals surface area contributed by atoms with Crippen LogP contribution >= 0.6 is 0 Å². The Bertz CT molecular complexity index is 1120. The standard InChI is InChI=1S/C26H20N2O2Te/c29-23-13-9-21(10-14-23)27-17-19-5-1-3-7-25(19)31-26-8-4-2-6-20(26)18-28-22-11-15-24(30)16-12-22/h1-18,29-30H. The van der Waals surface area contributed by atoms with Crippen molar-refractivity contribution in [1.82, 2.24) is 0 Å². The second kappa shape index (κ2) is 10.1. The monoisotopic (exact) mass is 522 g/mol. The molecule has 4 nitrogen and oxygen atoms in total. The molecule has 0 radical (unpaired) electrons. The molecule has 0 spiro atoms. The number of hydrogen-bond acceptors (Lipinski definition) is 4. The molecule has 0 unspecified atom stereocenters. The Kier molecular flexibility index (Phi) is 6.78. The minimum atomic E-state index is -0.671. The van der Waals surface area contributed by atoms with Crippen LogP contribution in [-0.4, -0.2) is 43.6 Å². The molecule has 0 heterocycles. The van der Waals surface area contributed by atoms with Crippen molar-refractivity contribution in [3.63, 3.8) is 0 Å². The second-order valence-electron chi connectivity index (χ2n) is 6.73. The number of aromatic hydroxyl groups is 2. The van der Waals surface area contributed by atoms with E-state index in [1.807, 2.05) is 24.6 Å². The average molecular weight is 520 g/mol. The maximum atomic E-state index is 9.44. The summed E-state index contributed by atoms with van der Waals surface area (Å²) in [5, 5.41) is 18.9. The van der Waals surface area contributed by atoms with Gasteiger partial charge in [0.05, 0.1) is 0 Å². The van der Waals surface area contributed by atoms with Gasteiger partial charge >= 0.3 is 192 Å². The zero-order valence-corrected chi connectivity index (χ0v) is 18.9. The normalized spacial score (nSPS) is 11.4. The number of nitrogens with zero attached hydrogens (tertiary/aromatic N) is 2. The van der Waals surface area contributed by atoms with Gasteiger partial charge in [-0.2, -0.15) is 0 Å². The van der Waals surface area contributed by atoms with Crippen LogP contribution in [0.2, 0.25) is 0 Å². The fourth-order valence-electron chi connectivity index (χ4n) is 2.84. The molecule has 0 saturated heterocycles. The molecule has 0 aliphatic rings. The zero-order chi connectivity index (χ0) is 21.5. The van der Waals surface area contributed by atoms with Gasteiger partial charge in [0, 0.05) is 0 Å². The molecule has 0 aliphatic carbocycles. The molecule has 0 fully saturated rings. The van der Waals surface area contributed by atoms with Crippen molar-refractivity contribution in [1.29, 1.82) is 0 Å². The van der Waals surface area contributed by atoms with Gasteiger partial charge in [-0.15, -0.1) is 0 Å². The molecule has 0 amide bonds. The Balaban J connectivity index is 1.57. The van der Waals surface area contributed by atoms with Crippen molar-refractivity contribution < 1.29 is 10.2 Å². The summed E-state index contributed by atoms with van der Waals surface area (Å²) in [7, 11) is 0. The molecule has 0 bridgehead atoms. The SMILES string of the molecule is Oc1ccc(N=Cc2ccccc2[Te]c2ccccc2C=Nc2ccc(O)cc2)cc1. The first-order chi connectivity index (χ1) is 15.2. The van der Waals surface area contributed by atoms with E-state index in [9.17, 15) is 10.2 Å². The summed E-state index contributed by atoms with van der Waals surface area (Å²) in [6, 6.07) is 30.4. The molecule has 0 atom stereocenters. The first-order valence-corrected chi connectivity index (χ1v) is 12.0. The van der Waals surface area contributed by atoms with Crippen molar-refractivity contribution in [3.05, 3.63) is 108 Å². The van der Waals surface area contributed by atoms with Gasteiger partial charge in [0.2, 0.25) is 0 Å². The Morgan fingerprint density at radius 2 is 0.903 bits per heavy atom. The average Bonchev–Trinajstić information content (AvgIpc) is 2.80. The Hall–Kier alpha value is -3.39. The first-order valence-electron chi connectivity index (χ1n) is 9.69. The summed E-state index contributed by atoms with van der Waals surface area (Å²) < 4.78 is 2.59. The maximum absolute atomic E-state index is 9.44. The van der Waals surface area contributed by atoms with Crippen molar-refractivity contribution in [2.24, 2.45) is 9.98 Å². The topological polar surface area (TPSA) is 65.2 Å². The Morgan fingerprint density at radius 3 is 1.32 bits per heavy atom. The van der Waals surface area contributed by atoms with Gasteiger partial charge in [0.1, 0.15) is 0 Å². The predicted octanol–water partition coefficient (Wildman–Crippen LogP) is 4.25. The van der Waals surface area contributed by atoms with Crippen LogP contribution in [0.1, 0.15) is 11.1 Å².